The lowest BCUT2D eigenvalue weighted by Gasteiger charge is -2.18. The normalized spacial score (nSPS) is 22.7. The number of hydrogen-bond donors (Lipinski definition) is 1. The molecule has 4 heteroatoms. The van der Waals surface area contributed by atoms with E-state index >= 15 is 0 Å². The molecular weight excluding hydrogens is 262 g/mol. The second-order valence-corrected chi connectivity index (χ2v) is 5.39. The summed E-state index contributed by atoms with van der Waals surface area (Å²) in [6.07, 6.45) is 2.65. The van der Waals surface area contributed by atoms with E-state index in [1.165, 1.54) is 0 Å². The topological polar surface area (TPSA) is 30.5 Å². The smallest absolute Gasteiger partial charge is 0.123 e. The molecule has 0 bridgehead atoms. The average Bonchev–Trinajstić information content (AvgIpc) is 2.86. The largest absolute Gasteiger partial charge is 0.496 e. The van der Waals surface area contributed by atoms with Crippen LogP contribution in [0.4, 0.5) is 0 Å². The summed E-state index contributed by atoms with van der Waals surface area (Å²) in [5.41, 5.74) is 1.10. The van der Waals surface area contributed by atoms with Crippen LogP contribution in [-0.4, -0.2) is 26.4 Å². The predicted molar refractivity (Wildman–Crippen MR) is 77.8 cm³/mol. The Labute approximate surface area is 120 Å². The maximum atomic E-state index is 6.02. The number of hydrogen-bond acceptors (Lipinski definition) is 3. The SMILES string of the molecule is CCC1OCCC1CNCc1cc(Cl)ccc1OC. The lowest BCUT2D eigenvalue weighted by molar-refractivity contribution is 0.0872. The molecule has 2 rings (SSSR count). The van der Waals surface area contributed by atoms with E-state index in [-0.39, 0.29) is 0 Å². The third kappa shape index (κ3) is 3.85. The van der Waals surface area contributed by atoms with Gasteiger partial charge in [0.1, 0.15) is 5.75 Å². The van der Waals surface area contributed by atoms with Crippen molar-refractivity contribution in [2.75, 3.05) is 20.3 Å². The van der Waals surface area contributed by atoms with Crippen molar-refractivity contribution in [3.63, 3.8) is 0 Å². The molecule has 0 saturated carbocycles. The van der Waals surface area contributed by atoms with Crippen LogP contribution in [0, 0.1) is 5.92 Å². The molecule has 1 aromatic carbocycles. The highest BCUT2D eigenvalue weighted by Gasteiger charge is 2.26. The van der Waals surface area contributed by atoms with Gasteiger partial charge in [0.15, 0.2) is 0 Å². The quantitative estimate of drug-likeness (QED) is 0.869. The van der Waals surface area contributed by atoms with Crippen LogP contribution in [0.25, 0.3) is 0 Å². The second kappa shape index (κ2) is 7.13. The monoisotopic (exact) mass is 283 g/mol. The first-order valence-electron chi connectivity index (χ1n) is 6.89. The number of halogens is 1. The van der Waals surface area contributed by atoms with Crippen molar-refractivity contribution in [1.82, 2.24) is 5.32 Å². The van der Waals surface area contributed by atoms with E-state index in [2.05, 4.69) is 12.2 Å². The Bertz CT molecular complexity index is 411. The van der Waals surface area contributed by atoms with Gasteiger partial charge >= 0.3 is 0 Å². The molecule has 3 nitrogen and oxygen atoms in total. The Balaban J connectivity index is 1.87. The molecular formula is C15H22ClNO2. The molecule has 19 heavy (non-hydrogen) atoms. The fourth-order valence-electron chi connectivity index (χ4n) is 2.65. The summed E-state index contributed by atoms with van der Waals surface area (Å²) in [4.78, 5) is 0. The van der Waals surface area contributed by atoms with Crippen LogP contribution in [-0.2, 0) is 11.3 Å². The van der Waals surface area contributed by atoms with E-state index in [0.29, 0.717) is 12.0 Å². The third-order valence-corrected chi connectivity index (χ3v) is 3.95. The van der Waals surface area contributed by atoms with Crippen molar-refractivity contribution in [3.8, 4) is 5.75 Å². The van der Waals surface area contributed by atoms with Gasteiger partial charge in [0.05, 0.1) is 13.2 Å². The number of methoxy groups -OCH3 is 1. The number of benzene rings is 1. The molecule has 0 amide bonds. The molecule has 2 unspecified atom stereocenters. The summed E-state index contributed by atoms with van der Waals surface area (Å²) in [6.45, 7) is 4.83. The van der Waals surface area contributed by atoms with Crippen molar-refractivity contribution in [1.29, 1.82) is 0 Å². The Hall–Kier alpha value is -0.770. The molecule has 1 aliphatic rings. The Morgan fingerprint density at radius 2 is 2.32 bits per heavy atom. The first-order chi connectivity index (χ1) is 9.24. The van der Waals surface area contributed by atoms with Crippen LogP contribution in [0.5, 0.6) is 5.75 Å². The lowest BCUT2D eigenvalue weighted by Crippen LogP contribution is -2.28. The van der Waals surface area contributed by atoms with Crippen LogP contribution in [0.3, 0.4) is 0 Å². The molecule has 0 spiro atoms. The minimum absolute atomic E-state index is 0.411. The van der Waals surface area contributed by atoms with Crippen LogP contribution >= 0.6 is 11.6 Å². The zero-order valence-electron chi connectivity index (χ0n) is 11.6. The highest BCUT2D eigenvalue weighted by molar-refractivity contribution is 6.30. The summed E-state index contributed by atoms with van der Waals surface area (Å²) in [5.74, 6) is 1.50. The highest BCUT2D eigenvalue weighted by atomic mass is 35.5. The summed E-state index contributed by atoms with van der Waals surface area (Å²) in [5, 5.41) is 4.23. The Morgan fingerprint density at radius 3 is 3.05 bits per heavy atom. The minimum atomic E-state index is 0.411. The van der Waals surface area contributed by atoms with Crippen LogP contribution in [0.1, 0.15) is 25.3 Å². The van der Waals surface area contributed by atoms with Crippen LogP contribution < -0.4 is 10.1 Å². The fraction of sp³-hybridized carbons (Fsp3) is 0.600. The lowest BCUT2D eigenvalue weighted by atomic mass is 9.99. The van der Waals surface area contributed by atoms with Crippen LogP contribution in [0.15, 0.2) is 18.2 Å². The molecule has 0 radical (unpaired) electrons. The standard InChI is InChI=1S/C15H22ClNO2/c1-3-14-11(6-7-19-14)9-17-10-12-8-13(16)4-5-15(12)18-2/h4-5,8,11,14,17H,3,6-7,9-10H2,1-2H3. The fourth-order valence-corrected chi connectivity index (χ4v) is 2.85. The van der Waals surface area contributed by atoms with Gasteiger partial charge in [-0.3, -0.25) is 0 Å². The van der Waals surface area contributed by atoms with Gasteiger partial charge in [-0.25, -0.2) is 0 Å². The maximum absolute atomic E-state index is 6.02. The minimum Gasteiger partial charge on any atom is -0.496 e. The van der Waals surface area contributed by atoms with E-state index in [1.54, 1.807) is 7.11 Å². The second-order valence-electron chi connectivity index (χ2n) is 4.95. The van der Waals surface area contributed by atoms with Crippen molar-refractivity contribution >= 4 is 11.6 Å². The third-order valence-electron chi connectivity index (χ3n) is 3.71. The van der Waals surface area contributed by atoms with Crippen molar-refractivity contribution in [2.45, 2.75) is 32.4 Å². The van der Waals surface area contributed by atoms with Gasteiger partial charge in [-0.2, -0.15) is 0 Å². The molecule has 2 atom stereocenters. The van der Waals surface area contributed by atoms with Gasteiger partial charge in [-0.1, -0.05) is 18.5 Å². The number of nitrogens with one attached hydrogen (secondary N) is 1. The van der Waals surface area contributed by atoms with E-state index in [4.69, 9.17) is 21.1 Å². The highest BCUT2D eigenvalue weighted by Crippen LogP contribution is 2.24. The van der Waals surface area contributed by atoms with Gasteiger partial charge in [0.2, 0.25) is 0 Å². The number of ether oxygens (including phenoxy) is 2. The van der Waals surface area contributed by atoms with E-state index in [1.807, 2.05) is 18.2 Å². The summed E-state index contributed by atoms with van der Waals surface area (Å²) >= 11 is 6.02. The van der Waals surface area contributed by atoms with Gasteiger partial charge in [-0.05, 0) is 37.0 Å². The van der Waals surface area contributed by atoms with Gasteiger partial charge in [0.25, 0.3) is 0 Å². The van der Waals surface area contributed by atoms with Crippen molar-refractivity contribution in [3.05, 3.63) is 28.8 Å². The molecule has 1 aliphatic heterocycles. The Kier molecular flexibility index (Phi) is 5.49. The van der Waals surface area contributed by atoms with Gasteiger partial charge < -0.3 is 14.8 Å². The van der Waals surface area contributed by atoms with E-state index < -0.39 is 0 Å². The number of rotatable bonds is 6. The maximum Gasteiger partial charge on any atom is 0.123 e. The Morgan fingerprint density at radius 1 is 1.47 bits per heavy atom. The van der Waals surface area contributed by atoms with E-state index in [9.17, 15) is 0 Å². The van der Waals surface area contributed by atoms with E-state index in [0.717, 1.165) is 48.9 Å². The first kappa shape index (κ1) is 14.6. The molecule has 1 saturated heterocycles. The van der Waals surface area contributed by atoms with Crippen molar-refractivity contribution < 1.29 is 9.47 Å². The first-order valence-corrected chi connectivity index (χ1v) is 7.27. The summed E-state index contributed by atoms with van der Waals surface area (Å²) in [6, 6.07) is 5.71. The molecule has 0 aromatic heterocycles. The average molecular weight is 284 g/mol. The predicted octanol–water partition coefficient (Wildman–Crippen LogP) is 3.25. The van der Waals surface area contributed by atoms with Gasteiger partial charge in [0, 0.05) is 30.3 Å². The molecule has 1 N–H and O–H groups in total. The van der Waals surface area contributed by atoms with Crippen molar-refractivity contribution in [2.24, 2.45) is 5.92 Å². The molecule has 1 heterocycles. The van der Waals surface area contributed by atoms with Gasteiger partial charge in [-0.15, -0.1) is 0 Å². The summed E-state index contributed by atoms with van der Waals surface area (Å²) < 4.78 is 11.0. The molecule has 0 aliphatic carbocycles. The molecule has 106 valence electrons. The zero-order valence-corrected chi connectivity index (χ0v) is 12.4. The molecule has 1 fully saturated rings. The molecule has 1 aromatic rings. The zero-order chi connectivity index (χ0) is 13.7. The summed E-state index contributed by atoms with van der Waals surface area (Å²) in [7, 11) is 1.69. The van der Waals surface area contributed by atoms with Crippen LogP contribution in [0.2, 0.25) is 5.02 Å².